The fraction of sp³-hybridized carbons (Fsp3) is 0.160. The van der Waals surface area contributed by atoms with Gasteiger partial charge in [-0.2, -0.15) is 0 Å². The number of ether oxygens (including phenoxy) is 1. The van der Waals surface area contributed by atoms with Crippen LogP contribution in [0, 0.1) is 0 Å². The molecule has 0 saturated carbocycles. The van der Waals surface area contributed by atoms with E-state index in [-0.39, 0.29) is 42.4 Å². The van der Waals surface area contributed by atoms with Gasteiger partial charge in [0.15, 0.2) is 12.3 Å². The molecular weight excluding hydrogens is 464 g/mol. The second kappa shape index (κ2) is 9.84. The Balaban J connectivity index is 1.31. The average molecular weight is 486 g/mol. The summed E-state index contributed by atoms with van der Waals surface area (Å²) in [5.74, 6) is -0.595. The molecule has 1 atom stereocenters. The van der Waals surface area contributed by atoms with Crippen LogP contribution in [0.25, 0.3) is 11.0 Å². The second-order valence-electron chi connectivity index (χ2n) is 8.12. The van der Waals surface area contributed by atoms with Gasteiger partial charge in [0.05, 0.1) is 29.4 Å². The molecule has 11 heteroatoms. The number of hydrogen-bond acceptors (Lipinski definition) is 7. The molecule has 0 fully saturated rings. The first-order valence-corrected chi connectivity index (χ1v) is 11.2. The summed E-state index contributed by atoms with van der Waals surface area (Å²) in [7, 11) is 0. The molecule has 5 N–H and O–H groups in total. The summed E-state index contributed by atoms with van der Waals surface area (Å²) in [6.07, 6.45) is 2.67. The van der Waals surface area contributed by atoms with Gasteiger partial charge in [-0.25, -0.2) is 9.97 Å². The zero-order valence-corrected chi connectivity index (χ0v) is 18.9. The standard InChI is InChI=1S/C25H22N6O5/c32-11-18(15-4-2-1-3-5-15)31-24(34)16-10-26-22-21(16)28-13-29-23(22)25(35)27-9-14-6-7-19-17(8-14)30-20(33)12-36-19/h1-8,10,13,18,26,32H,9,11-12H2,(H,27,35)(H,30,33)(H,31,34)/t18-/m1/s1. The first-order chi connectivity index (χ1) is 17.5. The number of fused-ring (bicyclic) bond motifs is 2. The molecule has 1 aliphatic rings. The van der Waals surface area contributed by atoms with Crippen molar-refractivity contribution >= 4 is 34.4 Å². The van der Waals surface area contributed by atoms with Crippen LogP contribution in [0.3, 0.4) is 0 Å². The largest absolute Gasteiger partial charge is 0.482 e. The van der Waals surface area contributed by atoms with Crippen molar-refractivity contribution in [3.05, 3.63) is 83.4 Å². The third-order valence-electron chi connectivity index (χ3n) is 5.74. The highest BCUT2D eigenvalue weighted by Gasteiger charge is 2.22. The number of rotatable bonds is 7. The van der Waals surface area contributed by atoms with Gasteiger partial charge in [0.1, 0.15) is 17.6 Å². The molecule has 2 aromatic carbocycles. The Bertz CT molecular complexity index is 1450. The van der Waals surface area contributed by atoms with E-state index in [1.54, 1.807) is 18.2 Å². The predicted octanol–water partition coefficient (Wildman–Crippen LogP) is 1.68. The lowest BCUT2D eigenvalue weighted by molar-refractivity contribution is -0.118. The highest BCUT2D eigenvalue weighted by molar-refractivity contribution is 6.10. The molecule has 2 aromatic heterocycles. The number of aliphatic hydroxyl groups is 1. The van der Waals surface area contributed by atoms with Crippen LogP contribution in [0.5, 0.6) is 5.75 Å². The van der Waals surface area contributed by atoms with Gasteiger partial charge in [-0.3, -0.25) is 14.4 Å². The normalized spacial score (nSPS) is 13.3. The highest BCUT2D eigenvalue weighted by atomic mass is 16.5. The summed E-state index contributed by atoms with van der Waals surface area (Å²) < 4.78 is 5.34. The molecule has 0 bridgehead atoms. The molecule has 3 heterocycles. The molecule has 0 spiro atoms. The van der Waals surface area contributed by atoms with Gasteiger partial charge in [-0.1, -0.05) is 36.4 Å². The quantitative estimate of drug-likeness (QED) is 0.266. The number of nitrogens with one attached hydrogen (secondary N) is 4. The van der Waals surface area contributed by atoms with E-state index in [1.165, 1.54) is 12.5 Å². The molecule has 1 aliphatic heterocycles. The molecule has 0 unspecified atom stereocenters. The van der Waals surface area contributed by atoms with Crippen LogP contribution in [0.4, 0.5) is 5.69 Å². The number of carbonyl (C=O) groups excluding carboxylic acids is 3. The molecule has 5 rings (SSSR count). The topological polar surface area (TPSA) is 158 Å². The van der Waals surface area contributed by atoms with Crippen molar-refractivity contribution < 1.29 is 24.2 Å². The van der Waals surface area contributed by atoms with Gasteiger partial charge in [-0.15, -0.1) is 0 Å². The Labute approximate surface area is 204 Å². The van der Waals surface area contributed by atoms with Crippen LogP contribution in [0.2, 0.25) is 0 Å². The van der Waals surface area contributed by atoms with E-state index in [4.69, 9.17) is 4.74 Å². The molecule has 0 aliphatic carbocycles. The van der Waals surface area contributed by atoms with Gasteiger partial charge in [0.25, 0.3) is 17.7 Å². The molecule has 0 radical (unpaired) electrons. The van der Waals surface area contributed by atoms with Gasteiger partial charge in [0.2, 0.25) is 0 Å². The predicted molar refractivity (Wildman–Crippen MR) is 129 cm³/mol. The van der Waals surface area contributed by atoms with Gasteiger partial charge < -0.3 is 30.8 Å². The van der Waals surface area contributed by atoms with E-state index in [0.717, 1.165) is 11.1 Å². The molecule has 3 amide bonds. The number of aromatic nitrogens is 3. The fourth-order valence-electron chi connectivity index (χ4n) is 3.95. The van der Waals surface area contributed by atoms with Crippen LogP contribution in [-0.4, -0.2) is 51.0 Å². The SMILES string of the molecule is O=C1COc2ccc(CNC(=O)c3ncnc4c(C(=O)N[C@H](CO)c5ccccc5)c[nH]c34)cc2N1. The molecule has 11 nitrogen and oxygen atoms in total. The van der Waals surface area contributed by atoms with Crippen LogP contribution in [-0.2, 0) is 11.3 Å². The summed E-state index contributed by atoms with van der Waals surface area (Å²) in [5, 5.41) is 18.1. The summed E-state index contributed by atoms with van der Waals surface area (Å²) in [6.45, 7) is -0.133. The first-order valence-electron chi connectivity index (χ1n) is 11.2. The van der Waals surface area contributed by atoms with Crippen LogP contribution < -0.4 is 20.7 Å². The van der Waals surface area contributed by atoms with E-state index in [9.17, 15) is 19.5 Å². The number of aliphatic hydroxyl groups excluding tert-OH is 1. The third-order valence-corrected chi connectivity index (χ3v) is 5.74. The number of carbonyl (C=O) groups is 3. The van der Waals surface area contributed by atoms with Crippen LogP contribution in [0.1, 0.15) is 38.0 Å². The Morgan fingerprint density at radius 1 is 1.11 bits per heavy atom. The Morgan fingerprint density at radius 3 is 2.75 bits per heavy atom. The van der Waals surface area contributed by atoms with E-state index >= 15 is 0 Å². The molecule has 182 valence electrons. The lowest BCUT2D eigenvalue weighted by Crippen LogP contribution is -2.30. The number of nitrogens with zero attached hydrogens (tertiary/aromatic N) is 2. The Morgan fingerprint density at radius 2 is 1.94 bits per heavy atom. The smallest absolute Gasteiger partial charge is 0.272 e. The Kier molecular flexibility index (Phi) is 6.29. The van der Waals surface area contributed by atoms with Crippen molar-refractivity contribution in [2.45, 2.75) is 12.6 Å². The first kappa shape index (κ1) is 23.0. The van der Waals surface area contributed by atoms with Crippen molar-refractivity contribution in [2.75, 3.05) is 18.5 Å². The molecule has 4 aromatic rings. The lowest BCUT2D eigenvalue weighted by atomic mass is 10.1. The van der Waals surface area contributed by atoms with Crippen molar-refractivity contribution in [1.29, 1.82) is 0 Å². The summed E-state index contributed by atoms with van der Waals surface area (Å²) >= 11 is 0. The number of hydrogen-bond donors (Lipinski definition) is 5. The van der Waals surface area contributed by atoms with Gasteiger partial charge in [0, 0.05) is 12.7 Å². The van der Waals surface area contributed by atoms with E-state index in [2.05, 4.69) is 30.9 Å². The maximum atomic E-state index is 13.0. The maximum Gasteiger partial charge on any atom is 0.272 e. The maximum absolute atomic E-state index is 13.0. The van der Waals surface area contributed by atoms with E-state index in [1.807, 2.05) is 30.3 Å². The van der Waals surface area contributed by atoms with E-state index in [0.29, 0.717) is 17.0 Å². The minimum absolute atomic E-state index is 0.0319. The molecule has 0 saturated heterocycles. The average Bonchev–Trinajstić information content (AvgIpc) is 3.35. The van der Waals surface area contributed by atoms with Gasteiger partial charge in [-0.05, 0) is 23.3 Å². The van der Waals surface area contributed by atoms with Crippen molar-refractivity contribution in [2.24, 2.45) is 0 Å². The van der Waals surface area contributed by atoms with Crippen molar-refractivity contribution in [1.82, 2.24) is 25.6 Å². The van der Waals surface area contributed by atoms with Crippen molar-refractivity contribution in [3.8, 4) is 5.75 Å². The zero-order valence-electron chi connectivity index (χ0n) is 18.9. The second-order valence-corrected chi connectivity index (χ2v) is 8.12. The number of benzene rings is 2. The van der Waals surface area contributed by atoms with Gasteiger partial charge >= 0.3 is 0 Å². The fourth-order valence-corrected chi connectivity index (χ4v) is 3.95. The molecule has 36 heavy (non-hydrogen) atoms. The zero-order chi connectivity index (χ0) is 25.1. The minimum atomic E-state index is -0.597. The minimum Gasteiger partial charge on any atom is -0.482 e. The third kappa shape index (κ3) is 4.59. The summed E-state index contributed by atoms with van der Waals surface area (Å²) in [5.41, 5.74) is 2.95. The number of H-pyrrole nitrogens is 1. The number of aromatic amines is 1. The highest BCUT2D eigenvalue weighted by Crippen LogP contribution is 2.28. The monoisotopic (exact) mass is 486 g/mol. The van der Waals surface area contributed by atoms with Crippen molar-refractivity contribution in [3.63, 3.8) is 0 Å². The van der Waals surface area contributed by atoms with Crippen LogP contribution in [0.15, 0.2) is 61.1 Å². The summed E-state index contributed by atoms with van der Waals surface area (Å²) in [6, 6.07) is 13.8. The number of amides is 3. The van der Waals surface area contributed by atoms with Crippen LogP contribution >= 0.6 is 0 Å². The summed E-state index contributed by atoms with van der Waals surface area (Å²) in [4.78, 5) is 48.6. The Hall–Kier alpha value is -4.77. The number of anilines is 1. The molecular formula is C25H22N6O5. The van der Waals surface area contributed by atoms with E-state index < -0.39 is 17.9 Å². The lowest BCUT2D eigenvalue weighted by Gasteiger charge is -2.18.